The predicted octanol–water partition coefficient (Wildman–Crippen LogP) is 5.36. The molecule has 0 amide bonds. The maximum Gasteiger partial charge on any atom is 0.302 e. The summed E-state index contributed by atoms with van der Waals surface area (Å²) in [5, 5.41) is 0. The molecule has 0 N–H and O–H groups in total. The van der Waals surface area contributed by atoms with Crippen LogP contribution in [0.3, 0.4) is 0 Å². The summed E-state index contributed by atoms with van der Waals surface area (Å²) in [6, 6.07) is 0. The van der Waals surface area contributed by atoms with E-state index in [1.54, 1.807) is 0 Å². The third kappa shape index (κ3) is 4.83. The minimum Gasteiger partial charge on any atom is -0.461 e. The van der Waals surface area contributed by atoms with E-state index < -0.39 is 11.5 Å². The number of hydrogen-bond acceptors (Lipinski definition) is 5. The first kappa shape index (κ1) is 23.5. The number of esters is 1. The summed E-state index contributed by atoms with van der Waals surface area (Å²) in [6.07, 6.45) is 7.84. The van der Waals surface area contributed by atoms with E-state index in [1.807, 2.05) is 6.92 Å². The summed E-state index contributed by atoms with van der Waals surface area (Å²) >= 11 is 0. The van der Waals surface area contributed by atoms with E-state index in [2.05, 4.69) is 20.8 Å². The number of ether oxygens (including phenoxy) is 3. The Kier molecular flexibility index (Phi) is 7.44. The molecule has 3 aliphatic rings. The van der Waals surface area contributed by atoms with Crippen molar-refractivity contribution in [1.82, 2.24) is 0 Å². The SMILES string of the molecule is CC(=O)O[C@@H](CCCOC1CCCCO1)[C@@]1(C)CC[C@@]2(C)CCC(C(C)C)=C2C1=O. The fraction of sp³-hybridized carbons (Fsp3) is 0.840. The first-order valence-electron chi connectivity index (χ1n) is 11.9. The van der Waals surface area contributed by atoms with Crippen molar-refractivity contribution in [3.8, 4) is 0 Å². The van der Waals surface area contributed by atoms with E-state index in [4.69, 9.17) is 14.2 Å². The molecule has 4 atom stereocenters. The Morgan fingerprint density at radius 3 is 2.60 bits per heavy atom. The smallest absolute Gasteiger partial charge is 0.302 e. The lowest BCUT2D eigenvalue weighted by molar-refractivity contribution is -0.168. The molecule has 3 rings (SSSR count). The van der Waals surface area contributed by atoms with Crippen molar-refractivity contribution >= 4 is 11.8 Å². The van der Waals surface area contributed by atoms with Crippen molar-refractivity contribution in [1.29, 1.82) is 0 Å². The van der Waals surface area contributed by atoms with Crippen LogP contribution in [0.25, 0.3) is 0 Å². The predicted molar refractivity (Wildman–Crippen MR) is 116 cm³/mol. The fourth-order valence-corrected chi connectivity index (χ4v) is 5.57. The summed E-state index contributed by atoms with van der Waals surface area (Å²) in [4.78, 5) is 25.7. The highest BCUT2D eigenvalue weighted by molar-refractivity contribution is 6.03. The summed E-state index contributed by atoms with van der Waals surface area (Å²) in [5.74, 6) is 0.271. The normalized spacial score (nSPS) is 33.0. The molecule has 0 aromatic carbocycles. The van der Waals surface area contributed by atoms with Crippen molar-refractivity contribution in [2.45, 2.75) is 105 Å². The van der Waals surface area contributed by atoms with Gasteiger partial charge < -0.3 is 14.2 Å². The Labute approximate surface area is 181 Å². The lowest BCUT2D eigenvalue weighted by Crippen LogP contribution is -2.49. The van der Waals surface area contributed by atoms with E-state index in [-0.39, 0.29) is 23.5 Å². The van der Waals surface area contributed by atoms with Gasteiger partial charge in [-0.25, -0.2) is 0 Å². The van der Waals surface area contributed by atoms with Crippen molar-refractivity contribution < 1.29 is 23.8 Å². The molecule has 1 aliphatic heterocycles. The van der Waals surface area contributed by atoms with Gasteiger partial charge in [-0.3, -0.25) is 9.59 Å². The van der Waals surface area contributed by atoms with Crippen LogP contribution >= 0.6 is 0 Å². The molecule has 0 spiro atoms. The van der Waals surface area contributed by atoms with Crippen molar-refractivity contribution in [2.24, 2.45) is 16.7 Å². The van der Waals surface area contributed by atoms with Gasteiger partial charge in [0.05, 0.1) is 5.41 Å². The highest BCUT2D eigenvalue weighted by Crippen LogP contribution is 2.57. The van der Waals surface area contributed by atoms with Crippen LogP contribution in [0, 0.1) is 16.7 Å². The number of Topliss-reactive ketones (excluding diaryl/α,β-unsaturated/α-hetero) is 1. The third-order valence-corrected chi connectivity index (χ3v) is 7.58. The average molecular weight is 421 g/mol. The Bertz CT molecular complexity index is 675. The average Bonchev–Trinajstić information content (AvgIpc) is 3.06. The van der Waals surface area contributed by atoms with E-state index >= 15 is 0 Å². The highest BCUT2D eigenvalue weighted by atomic mass is 16.7. The van der Waals surface area contributed by atoms with Gasteiger partial charge in [0.1, 0.15) is 6.10 Å². The van der Waals surface area contributed by atoms with Crippen molar-refractivity contribution in [3.05, 3.63) is 11.1 Å². The van der Waals surface area contributed by atoms with Gasteiger partial charge in [-0.15, -0.1) is 0 Å². The zero-order valence-electron chi connectivity index (χ0n) is 19.6. The van der Waals surface area contributed by atoms with Gasteiger partial charge in [0.15, 0.2) is 12.1 Å². The molecule has 5 nitrogen and oxygen atoms in total. The number of hydrogen-bond donors (Lipinski definition) is 0. The first-order valence-corrected chi connectivity index (χ1v) is 11.9. The molecule has 1 heterocycles. The molecule has 2 aliphatic carbocycles. The first-order chi connectivity index (χ1) is 14.2. The monoisotopic (exact) mass is 420 g/mol. The quantitative estimate of drug-likeness (QED) is 0.390. The van der Waals surface area contributed by atoms with Gasteiger partial charge in [-0.1, -0.05) is 26.3 Å². The number of allylic oxidation sites excluding steroid dienone is 2. The summed E-state index contributed by atoms with van der Waals surface area (Å²) < 4.78 is 17.3. The molecule has 0 aromatic heterocycles. The molecule has 0 radical (unpaired) electrons. The Hall–Kier alpha value is -1.20. The van der Waals surface area contributed by atoms with Crippen LogP contribution in [0.15, 0.2) is 11.1 Å². The molecule has 0 bridgehead atoms. The van der Waals surface area contributed by atoms with E-state index in [1.165, 1.54) is 12.5 Å². The van der Waals surface area contributed by atoms with Crippen LogP contribution in [0.1, 0.15) is 92.4 Å². The topological polar surface area (TPSA) is 61.8 Å². The maximum atomic E-state index is 13.9. The van der Waals surface area contributed by atoms with Gasteiger partial charge in [-0.2, -0.15) is 0 Å². The van der Waals surface area contributed by atoms with E-state index in [9.17, 15) is 9.59 Å². The molecule has 170 valence electrons. The molecule has 30 heavy (non-hydrogen) atoms. The second kappa shape index (κ2) is 9.52. The molecular formula is C25H40O5. The largest absolute Gasteiger partial charge is 0.461 e. The van der Waals surface area contributed by atoms with Crippen LogP contribution in [-0.4, -0.2) is 37.4 Å². The van der Waals surface area contributed by atoms with Crippen LogP contribution in [0.4, 0.5) is 0 Å². The summed E-state index contributed by atoms with van der Waals surface area (Å²) in [5.41, 5.74) is 1.67. The van der Waals surface area contributed by atoms with Gasteiger partial charge in [-0.05, 0) is 76.0 Å². The Morgan fingerprint density at radius 1 is 1.20 bits per heavy atom. The number of rotatable bonds is 8. The summed E-state index contributed by atoms with van der Waals surface area (Å²) in [7, 11) is 0. The molecule has 1 saturated carbocycles. The minimum absolute atomic E-state index is 0.0155. The molecular weight excluding hydrogens is 380 g/mol. The number of carbonyl (C=O) groups is 2. The molecule has 5 heteroatoms. The van der Waals surface area contributed by atoms with Crippen LogP contribution in [-0.2, 0) is 23.8 Å². The van der Waals surface area contributed by atoms with Gasteiger partial charge >= 0.3 is 5.97 Å². The fourth-order valence-electron chi connectivity index (χ4n) is 5.57. The molecule has 2 fully saturated rings. The lowest BCUT2D eigenvalue weighted by Gasteiger charge is -2.45. The number of carbonyl (C=O) groups excluding carboxylic acids is 2. The van der Waals surface area contributed by atoms with Crippen LogP contribution in [0.5, 0.6) is 0 Å². The Morgan fingerprint density at radius 2 is 1.97 bits per heavy atom. The minimum atomic E-state index is -0.660. The molecule has 1 saturated heterocycles. The third-order valence-electron chi connectivity index (χ3n) is 7.58. The Balaban J connectivity index is 1.71. The second-order valence-corrected chi connectivity index (χ2v) is 10.3. The lowest BCUT2D eigenvalue weighted by atomic mass is 9.59. The van der Waals surface area contributed by atoms with Gasteiger partial charge in [0, 0.05) is 25.7 Å². The van der Waals surface area contributed by atoms with Gasteiger partial charge in [0.2, 0.25) is 0 Å². The summed E-state index contributed by atoms with van der Waals surface area (Å²) in [6.45, 7) is 11.4. The van der Waals surface area contributed by atoms with Gasteiger partial charge in [0.25, 0.3) is 0 Å². The standard InChI is InChI=1S/C25H40O5/c1-17(2)19-11-12-24(4)13-14-25(5,23(27)22(19)24)20(30-18(3)26)9-8-16-29-21-10-6-7-15-28-21/h17,20-21H,6-16H2,1-5H3/t20-,21?,24+,25+/m0/s1. The zero-order chi connectivity index (χ0) is 21.9. The second-order valence-electron chi connectivity index (χ2n) is 10.3. The molecule has 0 aromatic rings. The van der Waals surface area contributed by atoms with Crippen molar-refractivity contribution in [2.75, 3.05) is 13.2 Å². The van der Waals surface area contributed by atoms with E-state index in [0.29, 0.717) is 18.9 Å². The van der Waals surface area contributed by atoms with E-state index in [0.717, 1.165) is 63.5 Å². The highest BCUT2D eigenvalue weighted by Gasteiger charge is 2.55. The zero-order valence-corrected chi connectivity index (χ0v) is 19.6. The molecule has 1 unspecified atom stereocenters. The maximum absolute atomic E-state index is 13.9. The van der Waals surface area contributed by atoms with Crippen LogP contribution < -0.4 is 0 Å². The number of fused-ring (bicyclic) bond motifs is 1. The number of ketones is 1. The van der Waals surface area contributed by atoms with Crippen molar-refractivity contribution in [3.63, 3.8) is 0 Å². The van der Waals surface area contributed by atoms with Crippen LogP contribution in [0.2, 0.25) is 0 Å².